The van der Waals surface area contributed by atoms with Gasteiger partial charge in [-0.15, -0.1) is 0 Å². The molecule has 0 fully saturated rings. The highest BCUT2D eigenvalue weighted by Crippen LogP contribution is 2.16. The first-order valence-electron chi connectivity index (χ1n) is 6.58. The van der Waals surface area contributed by atoms with Crippen molar-refractivity contribution < 1.29 is 14.7 Å². The van der Waals surface area contributed by atoms with Gasteiger partial charge in [-0.1, -0.05) is 19.1 Å². The molecule has 0 spiro atoms. The quantitative estimate of drug-likeness (QED) is 0.833. The first-order chi connectivity index (χ1) is 9.29. The molecule has 0 bridgehead atoms. The topological polar surface area (TPSA) is 69.6 Å². The standard InChI is InChI=1S/C15H22N2O3/c1-10-5-6-11(2)13(7-10)16-14(18)9-17(4)8-12(3)15(19)20/h5-7,12H,8-9H2,1-4H3,(H,16,18)(H,19,20). The minimum Gasteiger partial charge on any atom is -0.481 e. The number of anilines is 1. The Hall–Kier alpha value is -1.88. The molecule has 1 unspecified atom stereocenters. The Morgan fingerprint density at radius 2 is 2.00 bits per heavy atom. The van der Waals surface area contributed by atoms with Gasteiger partial charge in [-0.2, -0.15) is 0 Å². The summed E-state index contributed by atoms with van der Waals surface area (Å²) in [7, 11) is 1.74. The van der Waals surface area contributed by atoms with Crippen LogP contribution in [0.5, 0.6) is 0 Å². The highest BCUT2D eigenvalue weighted by molar-refractivity contribution is 5.93. The molecule has 1 amide bonds. The van der Waals surface area contributed by atoms with Gasteiger partial charge in [0.25, 0.3) is 0 Å². The number of nitrogens with zero attached hydrogens (tertiary/aromatic N) is 1. The molecule has 110 valence electrons. The molecule has 20 heavy (non-hydrogen) atoms. The smallest absolute Gasteiger partial charge is 0.307 e. The van der Waals surface area contributed by atoms with Crippen molar-refractivity contribution in [2.45, 2.75) is 20.8 Å². The molecule has 5 nitrogen and oxygen atoms in total. The number of carboxylic acids is 1. The summed E-state index contributed by atoms with van der Waals surface area (Å²) in [5.41, 5.74) is 2.89. The number of aryl methyl sites for hydroxylation is 2. The molecule has 2 N–H and O–H groups in total. The van der Waals surface area contributed by atoms with Gasteiger partial charge < -0.3 is 10.4 Å². The van der Waals surface area contributed by atoms with E-state index in [2.05, 4.69) is 5.32 Å². The van der Waals surface area contributed by atoms with Gasteiger partial charge in [0, 0.05) is 12.2 Å². The summed E-state index contributed by atoms with van der Waals surface area (Å²) in [4.78, 5) is 24.4. The van der Waals surface area contributed by atoms with Crippen LogP contribution in [0.25, 0.3) is 0 Å². The second kappa shape index (κ2) is 7.05. The summed E-state index contributed by atoms with van der Waals surface area (Å²) in [5, 5.41) is 11.7. The Kier molecular flexibility index (Phi) is 5.70. The number of amides is 1. The van der Waals surface area contributed by atoms with E-state index in [0.717, 1.165) is 16.8 Å². The van der Waals surface area contributed by atoms with Gasteiger partial charge in [0.15, 0.2) is 0 Å². The molecule has 0 saturated carbocycles. The third kappa shape index (κ3) is 5.01. The van der Waals surface area contributed by atoms with E-state index < -0.39 is 11.9 Å². The van der Waals surface area contributed by atoms with Gasteiger partial charge >= 0.3 is 5.97 Å². The number of likely N-dealkylation sites (N-methyl/N-ethyl adjacent to an activating group) is 1. The summed E-state index contributed by atoms with van der Waals surface area (Å²) >= 11 is 0. The molecule has 5 heteroatoms. The molecule has 0 saturated heterocycles. The lowest BCUT2D eigenvalue weighted by atomic mass is 10.1. The van der Waals surface area contributed by atoms with Gasteiger partial charge in [0.05, 0.1) is 12.5 Å². The van der Waals surface area contributed by atoms with Crippen LogP contribution in [0.4, 0.5) is 5.69 Å². The number of benzene rings is 1. The van der Waals surface area contributed by atoms with E-state index in [1.165, 1.54) is 0 Å². The number of carbonyl (C=O) groups excluding carboxylic acids is 1. The first kappa shape index (κ1) is 16.2. The minimum absolute atomic E-state index is 0.140. The van der Waals surface area contributed by atoms with E-state index in [0.29, 0.717) is 6.54 Å². The fourth-order valence-electron chi connectivity index (χ4n) is 1.92. The number of carboxylic acid groups (broad SMARTS) is 1. The van der Waals surface area contributed by atoms with Gasteiger partial charge in [0.1, 0.15) is 0 Å². The van der Waals surface area contributed by atoms with E-state index in [-0.39, 0.29) is 12.5 Å². The molecular weight excluding hydrogens is 256 g/mol. The second-order valence-electron chi connectivity index (χ2n) is 5.30. The Labute approximate surface area is 119 Å². The van der Waals surface area contributed by atoms with Crippen LogP contribution in [0.2, 0.25) is 0 Å². The second-order valence-corrected chi connectivity index (χ2v) is 5.30. The van der Waals surface area contributed by atoms with Crippen LogP contribution in [0.3, 0.4) is 0 Å². The molecule has 1 rings (SSSR count). The molecule has 0 aromatic heterocycles. The van der Waals surface area contributed by atoms with Crippen molar-refractivity contribution in [1.29, 1.82) is 0 Å². The SMILES string of the molecule is Cc1ccc(C)c(NC(=O)CN(C)CC(C)C(=O)O)c1. The lowest BCUT2D eigenvalue weighted by Crippen LogP contribution is -2.35. The average molecular weight is 278 g/mol. The summed E-state index contributed by atoms with van der Waals surface area (Å²) in [6, 6.07) is 5.87. The maximum absolute atomic E-state index is 11.9. The van der Waals surface area contributed by atoms with Gasteiger partial charge in [0.2, 0.25) is 5.91 Å². The van der Waals surface area contributed by atoms with Crippen LogP contribution in [-0.2, 0) is 9.59 Å². The van der Waals surface area contributed by atoms with Crippen molar-refractivity contribution in [1.82, 2.24) is 4.90 Å². The summed E-state index contributed by atoms with van der Waals surface area (Å²) in [6.45, 7) is 6.04. The predicted molar refractivity (Wildman–Crippen MR) is 78.8 cm³/mol. The Bertz CT molecular complexity index is 500. The fraction of sp³-hybridized carbons (Fsp3) is 0.467. The van der Waals surface area contributed by atoms with Crippen molar-refractivity contribution in [3.63, 3.8) is 0 Å². The maximum atomic E-state index is 11.9. The lowest BCUT2D eigenvalue weighted by molar-refractivity contribution is -0.141. The average Bonchev–Trinajstić information content (AvgIpc) is 2.33. The summed E-state index contributed by atoms with van der Waals surface area (Å²) in [6.07, 6.45) is 0. The monoisotopic (exact) mass is 278 g/mol. The van der Waals surface area contributed by atoms with Crippen LogP contribution >= 0.6 is 0 Å². The largest absolute Gasteiger partial charge is 0.481 e. The Balaban J connectivity index is 2.55. The van der Waals surface area contributed by atoms with Crippen LogP contribution in [0.1, 0.15) is 18.1 Å². The first-order valence-corrected chi connectivity index (χ1v) is 6.58. The number of hydrogen-bond donors (Lipinski definition) is 2. The number of rotatable bonds is 6. The van der Waals surface area contributed by atoms with Crippen LogP contribution in [0, 0.1) is 19.8 Å². The molecule has 1 atom stereocenters. The zero-order valence-electron chi connectivity index (χ0n) is 12.4. The third-order valence-corrected chi connectivity index (χ3v) is 3.09. The normalized spacial score (nSPS) is 12.2. The van der Waals surface area contributed by atoms with Gasteiger partial charge in [-0.25, -0.2) is 0 Å². The van der Waals surface area contributed by atoms with E-state index in [1.807, 2.05) is 32.0 Å². The molecule has 0 heterocycles. The number of carbonyl (C=O) groups is 2. The van der Waals surface area contributed by atoms with E-state index in [1.54, 1.807) is 18.9 Å². The molecule has 0 aliphatic carbocycles. The molecule has 1 aromatic rings. The zero-order chi connectivity index (χ0) is 15.3. The summed E-state index contributed by atoms with van der Waals surface area (Å²) in [5.74, 6) is -1.49. The zero-order valence-corrected chi connectivity index (χ0v) is 12.4. The molecule has 1 aromatic carbocycles. The predicted octanol–water partition coefficient (Wildman–Crippen LogP) is 1.89. The lowest BCUT2D eigenvalue weighted by Gasteiger charge is -2.19. The van der Waals surface area contributed by atoms with E-state index >= 15 is 0 Å². The highest BCUT2D eigenvalue weighted by atomic mass is 16.4. The van der Waals surface area contributed by atoms with Crippen molar-refractivity contribution in [3.05, 3.63) is 29.3 Å². The van der Waals surface area contributed by atoms with E-state index in [9.17, 15) is 9.59 Å². The third-order valence-electron chi connectivity index (χ3n) is 3.09. The Morgan fingerprint density at radius 1 is 1.35 bits per heavy atom. The fourth-order valence-corrected chi connectivity index (χ4v) is 1.92. The van der Waals surface area contributed by atoms with Crippen LogP contribution in [0.15, 0.2) is 18.2 Å². The van der Waals surface area contributed by atoms with Crippen molar-refractivity contribution in [3.8, 4) is 0 Å². The molecular formula is C15H22N2O3. The minimum atomic E-state index is -0.855. The van der Waals surface area contributed by atoms with Crippen LogP contribution in [-0.4, -0.2) is 42.0 Å². The summed E-state index contributed by atoms with van der Waals surface area (Å²) < 4.78 is 0. The van der Waals surface area contributed by atoms with E-state index in [4.69, 9.17) is 5.11 Å². The van der Waals surface area contributed by atoms with Crippen molar-refractivity contribution >= 4 is 17.6 Å². The molecule has 0 aliphatic heterocycles. The number of nitrogens with one attached hydrogen (secondary N) is 1. The van der Waals surface area contributed by atoms with Crippen LogP contribution < -0.4 is 5.32 Å². The Morgan fingerprint density at radius 3 is 2.60 bits per heavy atom. The molecule has 0 radical (unpaired) electrons. The van der Waals surface area contributed by atoms with Gasteiger partial charge in [-0.3, -0.25) is 14.5 Å². The van der Waals surface area contributed by atoms with Crippen molar-refractivity contribution in [2.24, 2.45) is 5.92 Å². The highest BCUT2D eigenvalue weighted by Gasteiger charge is 2.15. The molecule has 0 aliphatic rings. The number of hydrogen-bond acceptors (Lipinski definition) is 3. The van der Waals surface area contributed by atoms with Crippen molar-refractivity contribution in [2.75, 3.05) is 25.5 Å². The van der Waals surface area contributed by atoms with Gasteiger partial charge in [-0.05, 0) is 38.1 Å². The number of aliphatic carboxylic acids is 1. The maximum Gasteiger partial charge on any atom is 0.307 e.